The normalized spacial score (nSPS) is 12.3. The molecule has 0 saturated heterocycles. The largest absolute Gasteiger partial charge is 0.354 e. The molecule has 0 aliphatic heterocycles. The molecular formula is C26H37N3O4S. The summed E-state index contributed by atoms with van der Waals surface area (Å²) >= 11 is 0. The van der Waals surface area contributed by atoms with E-state index >= 15 is 0 Å². The second-order valence-electron chi connectivity index (χ2n) is 9.20. The van der Waals surface area contributed by atoms with Crippen LogP contribution in [-0.2, 0) is 26.0 Å². The Bertz CT molecular complexity index is 1080. The highest BCUT2D eigenvalue weighted by Crippen LogP contribution is 2.24. The van der Waals surface area contributed by atoms with E-state index in [0.717, 1.165) is 27.3 Å². The molecule has 2 aromatic rings. The number of nitrogens with zero attached hydrogens (tertiary/aromatic N) is 2. The zero-order chi connectivity index (χ0) is 25.5. The van der Waals surface area contributed by atoms with Gasteiger partial charge in [-0.25, -0.2) is 8.42 Å². The number of carbonyl (C=O) groups is 2. The van der Waals surface area contributed by atoms with E-state index < -0.39 is 22.0 Å². The summed E-state index contributed by atoms with van der Waals surface area (Å²) in [6.45, 7) is 9.84. The van der Waals surface area contributed by atoms with Gasteiger partial charge in [0.05, 0.1) is 11.9 Å². The van der Waals surface area contributed by atoms with Gasteiger partial charge in [-0.15, -0.1) is 0 Å². The Hall–Kier alpha value is -2.87. The predicted molar refractivity (Wildman–Crippen MR) is 137 cm³/mol. The van der Waals surface area contributed by atoms with Crippen LogP contribution in [0.2, 0.25) is 0 Å². The lowest BCUT2D eigenvalue weighted by Crippen LogP contribution is -2.52. The Kier molecular flexibility index (Phi) is 9.67. The fourth-order valence-electron chi connectivity index (χ4n) is 3.70. The highest BCUT2D eigenvalue weighted by atomic mass is 32.2. The maximum absolute atomic E-state index is 13.5. The first-order valence-corrected chi connectivity index (χ1v) is 13.4. The molecule has 7 nitrogen and oxygen atoms in total. The van der Waals surface area contributed by atoms with Crippen LogP contribution in [0.25, 0.3) is 0 Å². The third kappa shape index (κ3) is 7.87. The van der Waals surface area contributed by atoms with E-state index in [1.54, 1.807) is 13.0 Å². The Morgan fingerprint density at radius 3 is 2.21 bits per heavy atom. The van der Waals surface area contributed by atoms with Crippen molar-refractivity contribution >= 4 is 27.5 Å². The van der Waals surface area contributed by atoms with Crippen molar-refractivity contribution in [2.24, 2.45) is 5.92 Å². The van der Waals surface area contributed by atoms with Gasteiger partial charge in [-0.2, -0.15) is 0 Å². The lowest BCUT2D eigenvalue weighted by atomic mass is 10.1. The first-order valence-electron chi connectivity index (χ1n) is 11.6. The smallest absolute Gasteiger partial charge is 0.244 e. The fourth-order valence-corrected chi connectivity index (χ4v) is 4.61. The number of carbonyl (C=O) groups excluding carboxylic acids is 2. The Morgan fingerprint density at radius 1 is 1.00 bits per heavy atom. The van der Waals surface area contributed by atoms with Gasteiger partial charge in [0.2, 0.25) is 21.8 Å². The molecule has 0 heterocycles. The van der Waals surface area contributed by atoms with Crippen LogP contribution in [0, 0.1) is 19.8 Å². The molecule has 1 N–H and O–H groups in total. The molecule has 0 aliphatic carbocycles. The van der Waals surface area contributed by atoms with Crippen LogP contribution in [-0.4, -0.2) is 57.1 Å². The summed E-state index contributed by atoms with van der Waals surface area (Å²) in [5.74, 6) is -0.407. The van der Waals surface area contributed by atoms with Crippen LogP contribution in [0.15, 0.2) is 48.5 Å². The Labute approximate surface area is 204 Å². The second-order valence-corrected chi connectivity index (χ2v) is 11.1. The number of hydrogen-bond acceptors (Lipinski definition) is 4. The highest BCUT2D eigenvalue weighted by Gasteiger charge is 2.30. The molecule has 2 rings (SSSR count). The molecule has 0 aliphatic rings. The maximum Gasteiger partial charge on any atom is 0.244 e. The van der Waals surface area contributed by atoms with Gasteiger partial charge in [-0.1, -0.05) is 61.9 Å². The molecule has 1 atom stereocenters. The molecular weight excluding hydrogens is 450 g/mol. The van der Waals surface area contributed by atoms with Gasteiger partial charge < -0.3 is 10.2 Å². The minimum Gasteiger partial charge on any atom is -0.354 e. The summed E-state index contributed by atoms with van der Waals surface area (Å²) in [4.78, 5) is 27.8. The average molecular weight is 488 g/mol. The summed E-state index contributed by atoms with van der Waals surface area (Å²) in [7, 11) is -3.73. The summed E-state index contributed by atoms with van der Waals surface area (Å²) in [5, 5.41) is 2.88. The van der Waals surface area contributed by atoms with Gasteiger partial charge in [0.1, 0.15) is 12.6 Å². The van der Waals surface area contributed by atoms with Gasteiger partial charge in [0.25, 0.3) is 0 Å². The van der Waals surface area contributed by atoms with Crippen molar-refractivity contribution in [1.29, 1.82) is 0 Å². The molecule has 8 heteroatoms. The van der Waals surface area contributed by atoms with Gasteiger partial charge in [0, 0.05) is 13.1 Å². The zero-order valence-corrected chi connectivity index (χ0v) is 21.9. The van der Waals surface area contributed by atoms with Crippen molar-refractivity contribution in [3.63, 3.8) is 0 Å². The van der Waals surface area contributed by atoms with E-state index in [0.29, 0.717) is 25.2 Å². The van der Waals surface area contributed by atoms with Crippen molar-refractivity contribution in [2.45, 2.75) is 47.1 Å². The number of nitrogens with one attached hydrogen (secondary N) is 1. The number of hydrogen-bond donors (Lipinski definition) is 1. The van der Waals surface area contributed by atoms with Crippen molar-refractivity contribution in [3.05, 3.63) is 65.2 Å². The molecule has 2 aromatic carbocycles. The molecule has 0 aromatic heterocycles. The van der Waals surface area contributed by atoms with Crippen LogP contribution >= 0.6 is 0 Å². The SMILES string of the molecule is Cc1ccc(N(CC(=O)N(CCc2ccccc2)C(C)C(=O)NCC(C)C)S(C)(=O)=O)c(C)c1. The predicted octanol–water partition coefficient (Wildman–Crippen LogP) is 3.30. The van der Waals surface area contributed by atoms with Crippen LogP contribution < -0.4 is 9.62 Å². The molecule has 34 heavy (non-hydrogen) atoms. The Balaban J connectivity index is 2.32. The molecule has 186 valence electrons. The molecule has 2 amide bonds. The third-order valence-corrected chi connectivity index (χ3v) is 6.76. The van der Waals surface area contributed by atoms with Gasteiger partial charge in [-0.05, 0) is 50.3 Å². The average Bonchev–Trinajstić information content (AvgIpc) is 2.76. The summed E-state index contributed by atoms with van der Waals surface area (Å²) in [6.07, 6.45) is 1.64. The molecule has 0 bridgehead atoms. The number of rotatable bonds is 11. The topological polar surface area (TPSA) is 86.8 Å². The fraction of sp³-hybridized carbons (Fsp3) is 0.462. The lowest BCUT2D eigenvalue weighted by Gasteiger charge is -2.32. The second kappa shape index (κ2) is 12.0. The minimum atomic E-state index is -3.73. The van der Waals surface area contributed by atoms with Crippen molar-refractivity contribution in [1.82, 2.24) is 10.2 Å². The summed E-state index contributed by atoms with van der Waals surface area (Å²) in [5.41, 5.74) is 3.25. The van der Waals surface area contributed by atoms with Gasteiger partial charge >= 0.3 is 0 Å². The molecule has 1 unspecified atom stereocenters. The van der Waals surface area contributed by atoms with E-state index in [9.17, 15) is 18.0 Å². The molecule has 0 radical (unpaired) electrons. The van der Waals surface area contributed by atoms with Crippen molar-refractivity contribution in [3.8, 4) is 0 Å². The standard InChI is InChI=1S/C26H37N3O4S/c1-19(2)17-27-26(31)22(5)28(15-14-23-10-8-7-9-11-23)25(30)18-29(34(6,32)33)24-13-12-20(3)16-21(24)4/h7-13,16,19,22H,14-15,17-18H2,1-6H3,(H,27,31). The number of anilines is 1. The maximum atomic E-state index is 13.5. The van der Waals surface area contributed by atoms with E-state index in [1.165, 1.54) is 4.90 Å². The third-order valence-electron chi connectivity index (χ3n) is 5.64. The first kappa shape index (κ1) is 27.4. The highest BCUT2D eigenvalue weighted by molar-refractivity contribution is 7.92. The number of amides is 2. The van der Waals surface area contributed by atoms with Crippen molar-refractivity contribution in [2.75, 3.05) is 30.2 Å². The lowest BCUT2D eigenvalue weighted by molar-refractivity contribution is -0.138. The molecule has 0 fully saturated rings. The van der Waals surface area contributed by atoms with Crippen LogP contribution in [0.5, 0.6) is 0 Å². The molecule has 0 saturated carbocycles. The van der Waals surface area contributed by atoms with Crippen LogP contribution in [0.1, 0.15) is 37.5 Å². The number of sulfonamides is 1. The van der Waals surface area contributed by atoms with E-state index in [1.807, 2.05) is 70.2 Å². The summed E-state index contributed by atoms with van der Waals surface area (Å²) < 4.78 is 26.5. The van der Waals surface area contributed by atoms with E-state index in [4.69, 9.17) is 0 Å². The van der Waals surface area contributed by atoms with Gasteiger partial charge in [-0.3, -0.25) is 13.9 Å². The summed E-state index contributed by atoms with van der Waals surface area (Å²) in [6, 6.07) is 14.4. The molecule has 0 spiro atoms. The van der Waals surface area contributed by atoms with E-state index in [-0.39, 0.29) is 18.4 Å². The zero-order valence-electron chi connectivity index (χ0n) is 21.0. The monoisotopic (exact) mass is 487 g/mol. The first-order chi connectivity index (χ1) is 15.9. The number of benzene rings is 2. The quantitative estimate of drug-likeness (QED) is 0.527. The number of aryl methyl sites for hydroxylation is 2. The van der Waals surface area contributed by atoms with E-state index in [2.05, 4.69) is 5.32 Å². The van der Waals surface area contributed by atoms with Gasteiger partial charge in [0.15, 0.2) is 0 Å². The van der Waals surface area contributed by atoms with Crippen molar-refractivity contribution < 1.29 is 18.0 Å². The van der Waals surface area contributed by atoms with Crippen LogP contribution in [0.4, 0.5) is 5.69 Å². The van der Waals surface area contributed by atoms with Crippen LogP contribution in [0.3, 0.4) is 0 Å². The Morgan fingerprint density at radius 2 is 1.65 bits per heavy atom. The minimum absolute atomic E-state index is 0.257.